The maximum atomic E-state index is 5.59. The van der Waals surface area contributed by atoms with Crippen LogP contribution in [0, 0.1) is 6.92 Å². The Bertz CT molecular complexity index is 290. The average molecular weight is 168 g/mol. The minimum absolute atomic E-state index is 0.660. The topological polar surface area (TPSA) is 18.5 Å². The van der Waals surface area contributed by atoms with Gasteiger partial charge in [0.05, 0.1) is 0 Å². The van der Waals surface area contributed by atoms with Gasteiger partial charge < -0.3 is 9.31 Å². The maximum Gasteiger partial charge on any atom is 0.713 e. The second-order valence-corrected chi connectivity index (χ2v) is 2.82. The Morgan fingerprint density at radius 2 is 2.00 bits per heavy atom. The van der Waals surface area contributed by atoms with E-state index in [-0.39, 0.29) is 0 Å². The Morgan fingerprint density at radius 3 is 2.82 bits per heavy atom. The van der Waals surface area contributed by atoms with E-state index in [1.54, 1.807) is 0 Å². The van der Waals surface area contributed by atoms with Crippen molar-refractivity contribution in [1.82, 2.24) is 0 Å². The summed E-state index contributed by atoms with van der Waals surface area (Å²) in [5, 5.41) is 0. The normalized spacial score (nSPS) is 13.8. The van der Waals surface area contributed by atoms with Crippen LogP contribution in [-0.4, -0.2) is 6.53 Å². The molecule has 2 rings (SSSR count). The zero-order valence-corrected chi connectivity index (χ0v) is 6.76. The third-order valence-corrected chi connectivity index (χ3v) is 1.72. The van der Waals surface area contributed by atoms with E-state index in [0.717, 1.165) is 17.1 Å². The molecule has 0 N–H and O–H groups in total. The Labute approximate surface area is 70.1 Å². The predicted octanol–water partition coefficient (Wildman–Crippen LogP) is 1.99. The van der Waals surface area contributed by atoms with Crippen molar-refractivity contribution in [3.05, 3.63) is 23.8 Å². The van der Waals surface area contributed by atoms with E-state index in [0.29, 0.717) is 0 Å². The second kappa shape index (κ2) is 2.34. The lowest BCUT2D eigenvalue weighted by atomic mass is 10.2. The third-order valence-electron chi connectivity index (χ3n) is 1.54. The van der Waals surface area contributed by atoms with Crippen LogP contribution in [0.4, 0.5) is 0 Å². The first-order chi connectivity index (χ1) is 5.25. The van der Waals surface area contributed by atoms with Gasteiger partial charge in [0.15, 0.2) is 0 Å². The molecule has 0 saturated carbocycles. The largest absolute Gasteiger partial charge is 0.713 e. The minimum atomic E-state index is -0.660. The van der Waals surface area contributed by atoms with Gasteiger partial charge in [0.2, 0.25) is 0 Å². The highest BCUT2D eigenvalue weighted by molar-refractivity contribution is 7.00. The van der Waals surface area contributed by atoms with Gasteiger partial charge in [-0.2, -0.15) is 0 Å². The molecule has 1 aromatic rings. The van der Waals surface area contributed by atoms with Crippen LogP contribution in [0.25, 0.3) is 0 Å². The highest BCUT2D eigenvalue weighted by atomic mass is 35.5. The van der Waals surface area contributed by atoms with E-state index in [4.69, 9.17) is 20.8 Å². The lowest BCUT2D eigenvalue weighted by Gasteiger charge is -1.96. The number of rotatable bonds is 0. The van der Waals surface area contributed by atoms with Gasteiger partial charge in [-0.05, 0) is 24.6 Å². The molecule has 0 atom stereocenters. The molecule has 0 unspecified atom stereocenters. The van der Waals surface area contributed by atoms with Crippen molar-refractivity contribution in [3.63, 3.8) is 0 Å². The molecule has 0 aliphatic carbocycles. The molecule has 0 fully saturated rings. The Hall–Kier alpha value is -0.825. The second-order valence-electron chi connectivity index (χ2n) is 2.46. The zero-order valence-electron chi connectivity index (χ0n) is 6.00. The third kappa shape index (κ3) is 1.16. The fraction of sp³-hybridized carbons (Fsp3) is 0.143. The fourth-order valence-corrected chi connectivity index (χ4v) is 1.22. The van der Waals surface area contributed by atoms with Crippen molar-refractivity contribution in [3.8, 4) is 11.5 Å². The van der Waals surface area contributed by atoms with E-state index < -0.39 is 6.53 Å². The van der Waals surface area contributed by atoms with Gasteiger partial charge in [-0.15, -0.1) is 0 Å². The molecule has 0 bridgehead atoms. The molecule has 0 spiro atoms. The van der Waals surface area contributed by atoms with Crippen LogP contribution in [-0.2, 0) is 0 Å². The molecular formula is C7H6BClO2. The van der Waals surface area contributed by atoms with E-state index >= 15 is 0 Å². The first-order valence-corrected chi connectivity index (χ1v) is 3.77. The Kier molecular flexibility index (Phi) is 1.46. The molecule has 0 amide bonds. The van der Waals surface area contributed by atoms with Crippen molar-refractivity contribution in [2.45, 2.75) is 6.92 Å². The van der Waals surface area contributed by atoms with Crippen LogP contribution in [0.1, 0.15) is 5.56 Å². The zero-order chi connectivity index (χ0) is 7.84. The van der Waals surface area contributed by atoms with Gasteiger partial charge in [-0.25, -0.2) is 0 Å². The molecule has 0 saturated heterocycles. The van der Waals surface area contributed by atoms with Gasteiger partial charge in [0, 0.05) is 0 Å². The van der Waals surface area contributed by atoms with Gasteiger partial charge in [-0.1, -0.05) is 17.5 Å². The summed E-state index contributed by atoms with van der Waals surface area (Å²) in [5.74, 6) is 1.45. The summed E-state index contributed by atoms with van der Waals surface area (Å²) in [4.78, 5) is 0. The van der Waals surface area contributed by atoms with Gasteiger partial charge in [0.1, 0.15) is 11.5 Å². The summed E-state index contributed by atoms with van der Waals surface area (Å²) >= 11 is 5.59. The number of fused-ring (bicyclic) bond motifs is 1. The SMILES string of the molecule is Cc1ccc2c(c1)OB(Cl)O2. The van der Waals surface area contributed by atoms with E-state index in [2.05, 4.69) is 0 Å². The molecule has 1 aliphatic rings. The molecule has 0 aromatic heterocycles. The summed E-state index contributed by atoms with van der Waals surface area (Å²) in [6.45, 7) is 1.33. The first-order valence-electron chi connectivity index (χ1n) is 3.34. The Balaban J connectivity index is 2.43. The molecule has 4 heteroatoms. The number of halogens is 1. The number of benzene rings is 1. The monoisotopic (exact) mass is 168 g/mol. The van der Waals surface area contributed by atoms with Gasteiger partial charge in [0.25, 0.3) is 0 Å². The van der Waals surface area contributed by atoms with Crippen LogP contribution in [0.2, 0.25) is 0 Å². The lowest BCUT2D eigenvalue weighted by molar-refractivity contribution is 0.529. The van der Waals surface area contributed by atoms with Crippen LogP contribution >= 0.6 is 11.5 Å². The van der Waals surface area contributed by atoms with Crippen molar-refractivity contribution in [2.75, 3.05) is 0 Å². The number of hydrogen-bond donors (Lipinski definition) is 0. The quantitative estimate of drug-likeness (QED) is 0.552. The number of aryl methyl sites for hydroxylation is 1. The molecule has 1 heterocycles. The molecule has 56 valence electrons. The summed E-state index contributed by atoms with van der Waals surface area (Å²) in [6.07, 6.45) is 0. The Morgan fingerprint density at radius 1 is 1.27 bits per heavy atom. The minimum Gasteiger partial charge on any atom is -0.510 e. The first kappa shape index (κ1) is 6.86. The van der Waals surface area contributed by atoms with Crippen molar-refractivity contribution >= 4 is 18.0 Å². The maximum absolute atomic E-state index is 5.59. The summed E-state index contributed by atoms with van der Waals surface area (Å²) < 4.78 is 10.2. The molecule has 11 heavy (non-hydrogen) atoms. The molecule has 2 nitrogen and oxygen atoms in total. The summed E-state index contributed by atoms with van der Waals surface area (Å²) in [6, 6.07) is 5.71. The highest BCUT2D eigenvalue weighted by Crippen LogP contribution is 2.34. The lowest BCUT2D eigenvalue weighted by Crippen LogP contribution is -2.15. The standard InChI is InChI=1S/C7H6BClO2/c1-5-2-3-6-7(4-5)11-8(9)10-6/h2-4H,1H3. The van der Waals surface area contributed by atoms with Crippen LogP contribution in [0.3, 0.4) is 0 Å². The van der Waals surface area contributed by atoms with Gasteiger partial charge >= 0.3 is 6.53 Å². The summed E-state index contributed by atoms with van der Waals surface area (Å²) in [7, 11) is 0. The smallest absolute Gasteiger partial charge is 0.510 e. The van der Waals surface area contributed by atoms with Crippen LogP contribution < -0.4 is 9.31 Å². The summed E-state index contributed by atoms with van der Waals surface area (Å²) in [5.41, 5.74) is 1.14. The van der Waals surface area contributed by atoms with E-state index in [1.807, 2.05) is 25.1 Å². The van der Waals surface area contributed by atoms with E-state index in [1.165, 1.54) is 0 Å². The molecular weight excluding hydrogens is 162 g/mol. The van der Waals surface area contributed by atoms with Gasteiger partial charge in [-0.3, -0.25) is 0 Å². The van der Waals surface area contributed by atoms with Crippen molar-refractivity contribution in [2.24, 2.45) is 0 Å². The highest BCUT2D eigenvalue weighted by Gasteiger charge is 2.29. The van der Waals surface area contributed by atoms with Crippen molar-refractivity contribution in [1.29, 1.82) is 0 Å². The van der Waals surface area contributed by atoms with Crippen molar-refractivity contribution < 1.29 is 9.31 Å². The molecule has 1 aliphatic heterocycles. The number of hydrogen-bond acceptors (Lipinski definition) is 2. The molecule has 1 aromatic carbocycles. The fourth-order valence-electron chi connectivity index (χ4n) is 1.03. The predicted molar refractivity (Wildman–Crippen MR) is 44.0 cm³/mol. The van der Waals surface area contributed by atoms with Crippen LogP contribution in [0.5, 0.6) is 11.5 Å². The van der Waals surface area contributed by atoms with E-state index in [9.17, 15) is 0 Å². The molecule has 0 radical (unpaired) electrons. The van der Waals surface area contributed by atoms with Crippen LogP contribution in [0.15, 0.2) is 18.2 Å². The average Bonchev–Trinajstić information content (AvgIpc) is 2.27.